The average molecular weight is 391 g/mol. The van der Waals surface area contributed by atoms with Crippen LogP contribution in [-0.2, 0) is 9.84 Å². The number of carbonyl (C=O) groups excluding carboxylic acids is 2. The quantitative estimate of drug-likeness (QED) is 0.593. The van der Waals surface area contributed by atoms with E-state index in [1.807, 2.05) is 0 Å². The van der Waals surface area contributed by atoms with E-state index >= 15 is 0 Å². The number of urea groups is 1. The number of nitrogens with zero attached hydrogens (tertiary/aromatic N) is 1. The molecule has 1 aromatic carbocycles. The number of anilines is 3. The highest BCUT2D eigenvalue weighted by Gasteiger charge is 2.17. The maximum Gasteiger partial charge on any atom is 0.320 e. The maximum absolute atomic E-state index is 12.1. The third-order valence-electron chi connectivity index (χ3n) is 3.51. The van der Waals surface area contributed by atoms with Gasteiger partial charge in [0.25, 0.3) is 5.91 Å². The van der Waals surface area contributed by atoms with Gasteiger partial charge in [0.05, 0.1) is 21.8 Å². The summed E-state index contributed by atoms with van der Waals surface area (Å²) >= 11 is 0. The molecule has 4 N–H and O–H groups in total. The third kappa shape index (κ3) is 5.17. The number of carbonyl (C=O) groups is 2. The molecule has 1 aromatic heterocycles. The summed E-state index contributed by atoms with van der Waals surface area (Å²) in [6.07, 6.45) is 2.40. The van der Waals surface area contributed by atoms with Gasteiger partial charge in [-0.3, -0.25) is 10.1 Å². The second kappa shape index (κ2) is 8.49. The minimum Gasteiger partial charge on any atom is -0.355 e. The molecule has 0 unspecified atom stereocenters. The zero-order valence-electron chi connectivity index (χ0n) is 15.2. The van der Waals surface area contributed by atoms with Crippen LogP contribution in [0.2, 0.25) is 0 Å². The normalized spacial score (nSPS) is 10.8. The largest absolute Gasteiger partial charge is 0.355 e. The van der Waals surface area contributed by atoms with E-state index in [4.69, 9.17) is 0 Å². The first-order chi connectivity index (χ1) is 12.8. The zero-order valence-corrected chi connectivity index (χ0v) is 16.0. The average Bonchev–Trinajstić information content (AvgIpc) is 2.61. The number of pyridine rings is 1. The van der Waals surface area contributed by atoms with Crippen LogP contribution in [0.25, 0.3) is 0 Å². The van der Waals surface area contributed by atoms with E-state index < -0.39 is 21.8 Å². The fourth-order valence-corrected chi connectivity index (χ4v) is 3.15. The van der Waals surface area contributed by atoms with Crippen molar-refractivity contribution < 1.29 is 18.0 Å². The van der Waals surface area contributed by atoms with Gasteiger partial charge in [0, 0.05) is 32.1 Å². The molecule has 0 saturated carbocycles. The molecule has 0 aliphatic heterocycles. The summed E-state index contributed by atoms with van der Waals surface area (Å²) in [5, 5.41) is 10.6. The maximum atomic E-state index is 12.1. The Balaban J connectivity index is 2.47. The van der Waals surface area contributed by atoms with Crippen molar-refractivity contribution in [2.45, 2.75) is 11.8 Å². The van der Waals surface area contributed by atoms with E-state index in [1.54, 1.807) is 25.1 Å². The number of sulfone groups is 1. The number of nitrogens with one attached hydrogen (secondary N) is 4. The minimum atomic E-state index is -3.49. The Morgan fingerprint density at radius 1 is 1.15 bits per heavy atom. The van der Waals surface area contributed by atoms with Gasteiger partial charge in [0.15, 0.2) is 9.84 Å². The van der Waals surface area contributed by atoms with Crippen LogP contribution in [0.4, 0.5) is 22.0 Å². The van der Waals surface area contributed by atoms with E-state index in [9.17, 15) is 18.0 Å². The Labute approximate surface area is 157 Å². The second-order valence-electron chi connectivity index (χ2n) is 5.57. The lowest BCUT2D eigenvalue weighted by atomic mass is 10.2. The van der Waals surface area contributed by atoms with Crippen molar-refractivity contribution in [3.8, 4) is 0 Å². The van der Waals surface area contributed by atoms with Crippen LogP contribution in [0.1, 0.15) is 17.3 Å². The Morgan fingerprint density at radius 2 is 1.85 bits per heavy atom. The summed E-state index contributed by atoms with van der Waals surface area (Å²) in [5.41, 5.74) is 0.801. The molecule has 0 aliphatic rings. The van der Waals surface area contributed by atoms with Gasteiger partial charge < -0.3 is 16.0 Å². The molecule has 0 bridgehead atoms. The molecular weight excluding hydrogens is 370 g/mol. The molecular formula is C17H21N5O4S. The van der Waals surface area contributed by atoms with Crippen molar-refractivity contribution in [1.82, 2.24) is 15.6 Å². The highest BCUT2D eigenvalue weighted by atomic mass is 32.2. The molecule has 0 aliphatic carbocycles. The van der Waals surface area contributed by atoms with Crippen LogP contribution >= 0.6 is 0 Å². The van der Waals surface area contributed by atoms with Gasteiger partial charge in [-0.05, 0) is 19.1 Å². The Hall–Kier alpha value is -3.14. The summed E-state index contributed by atoms with van der Waals surface area (Å²) in [5.74, 6) is -0.209. The first-order valence-electron chi connectivity index (χ1n) is 8.09. The summed E-state index contributed by atoms with van der Waals surface area (Å²) in [4.78, 5) is 28.0. The van der Waals surface area contributed by atoms with Crippen LogP contribution in [0.15, 0.2) is 41.4 Å². The Bertz CT molecular complexity index is 960. The van der Waals surface area contributed by atoms with Gasteiger partial charge in [-0.1, -0.05) is 12.1 Å². The summed E-state index contributed by atoms with van der Waals surface area (Å²) in [7, 11) is -2.02. The summed E-state index contributed by atoms with van der Waals surface area (Å²) in [6, 6.07) is 7.34. The third-order valence-corrected chi connectivity index (χ3v) is 4.67. The highest BCUT2D eigenvalue weighted by molar-refractivity contribution is 7.90. The van der Waals surface area contributed by atoms with Gasteiger partial charge in [0.1, 0.15) is 5.82 Å². The first-order valence-corrected chi connectivity index (χ1v) is 9.98. The molecule has 9 nitrogen and oxygen atoms in total. The number of amides is 3. The second-order valence-corrected chi connectivity index (χ2v) is 7.56. The highest BCUT2D eigenvalue weighted by Crippen LogP contribution is 2.28. The van der Waals surface area contributed by atoms with Crippen molar-refractivity contribution in [2.75, 3.05) is 30.5 Å². The SMILES string of the molecule is CCNC(=O)Nc1cc(Nc2ccccc2S(C)(=O)=O)c(C(=O)NC)cn1. The predicted molar refractivity (Wildman–Crippen MR) is 103 cm³/mol. The fourth-order valence-electron chi connectivity index (χ4n) is 2.30. The standard InChI is InChI=1S/C17H21N5O4S/c1-4-19-17(24)22-15-9-13(11(10-20-15)16(23)18-2)21-12-7-5-6-8-14(12)27(3,25)26/h5-10H,4H2,1-3H3,(H,18,23)(H3,19,20,21,22,24). The van der Waals surface area contributed by atoms with E-state index in [1.165, 1.54) is 25.4 Å². The van der Waals surface area contributed by atoms with Crippen LogP contribution in [0, 0.1) is 0 Å². The molecule has 0 radical (unpaired) electrons. The zero-order chi connectivity index (χ0) is 20.0. The molecule has 0 atom stereocenters. The molecule has 0 fully saturated rings. The topological polar surface area (TPSA) is 129 Å². The van der Waals surface area contributed by atoms with Crippen LogP contribution in [-0.4, -0.2) is 45.2 Å². The smallest absolute Gasteiger partial charge is 0.320 e. The van der Waals surface area contributed by atoms with E-state index in [0.717, 1.165) is 6.26 Å². The number of aromatic nitrogens is 1. The van der Waals surface area contributed by atoms with Crippen molar-refractivity contribution in [2.24, 2.45) is 0 Å². The lowest BCUT2D eigenvalue weighted by molar-refractivity contribution is 0.0963. The lowest BCUT2D eigenvalue weighted by Crippen LogP contribution is -2.28. The predicted octanol–water partition coefficient (Wildman–Crippen LogP) is 1.73. The number of benzene rings is 1. The van der Waals surface area contributed by atoms with Crippen molar-refractivity contribution in [3.05, 3.63) is 42.1 Å². The molecule has 27 heavy (non-hydrogen) atoms. The van der Waals surface area contributed by atoms with Gasteiger partial charge in [0.2, 0.25) is 0 Å². The summed E-state index contributed by atoms with van der Waals surface area (Å²) < 4.78 is 24.0. The first kappa shape index (κ1) is 20.2. The van der Waals surface area contributed by atoms with E-state index in [0.29, 0.717) is 17.9 Å². The molecule has 10 heteroatoms. The summed E-state index contributed by atoms with van der Waals surface area (Å²) in [6.45, 7) is 2.21. The van der Waals surface area contributed by atoms with Crippen LogP contribution in [0.3, 0.4) is 0 Å². The molecule has 3 amide bonds. The van der Waals surface area contributed by atoms with Gasteiger partial charge in [-0.25, -0.2) is 18.2 Å². The monoisotopic (exact) mass is 391 g/mol. The van der Waals surface area contributed by atoms with Crippen molar-refractivity contribution in [1.29, 1.82) is 0 Å². The lowest BCUT2D eigenvalue weighted by Gasteiger charge is -2.15. The van der Waals surface area contributed by atoms with Crippen LogP contribution < -0.4 is 21.3 Å². The van der Waals surface area contributed by atoms with Crippen LogP contribution in [0.5, 0.6) is 0 Å². The molecule has 144 valence electrons. The fraction of sp³-hybridized carbons (Fsp3) is 0.235. The molecule has 0 spiro atoms. The molecule has 2 aromatic rings. The van der Waals surface area contributed by atoms with Crippen molar-refractivity contribution >= 4 is 39.0 Å². The van der Waals surface area contributed by atoms with Crippen molar-refractivity contribution in [3.63, 3.8) is 0 Å². The number of hydrogen-bond donors (Lipinski definition) is 4. The Morgan fingerprint density at radius 3 is 2.48 bits per heavy atom. The van der Waals surface area contributed by atoms with Gasteiger partial charge in [-0.2, -0.15) is 0 Å². The number of rotatable bonds is 6. The van der Waals surface area contributed by atoms with E-state index in [-0.39, 0.29) is 16.3 Å². The Kier molecular flexibility index (Phi) is 6.35. The number of hydrogen-bond acceptors (Lipinski definition) is 6. The number of para-hydroxylation sites is 1. The minimum absolute atomic E-state index is 0.0860. The molecule has 1 heterocycles. The van der Waals surface area contributed by atoms with Gasteiger partial charge in [-0.15, -0.1) is 0 Å². The molecule has 0 saturated heterocycles. The van der Waals surface area contributed by atoms with Gasteiger partial charge >= 0.3 is 6.03 Å². The molecule has 2 rings (SSSR count). The van der Waals surface area contributed by atoms with E-state index in [2.05, 4.69) is 26.3 Å².